The largest absolute Gasteiger partial charge is 0.508 e. The summed E-state index contributed by atoms with van der Waals surface area (Å²) in [6, 6.07) is 0. The second kappa shape index (κ2) is 11.2. The third kappa shape index (κ3) is 6.25. The zero-order valence-electron chi connectivity index (χ0n) is 25.5. The van der Waals surface area contributed by atoms with Crippen LogP contribution in [0.1, 0.15) is 105 Å². The van der Waals surface area contributed by atoms with Crippen LogP contribution in [0.15, 0.2) is 11.6 Å². The standard InChI is InChI=1S/C33H58NO3/c1-23(2)10-9-11-24(3)28-14-15-29-27-13-12-25-22-26(37-31(35)36-21-20-34(6,7)8)16-18-32(25,4)30(27)17-19-33(28,29)5/h12,23-24,26-30H,9-11,13-22H2,1-8H3/q+1/t24-,26?,27?,28-,29?,30?,32+,33-/m1/s1. The smallest absolute Gasteiger partial charge is 0.431 e. The molecule has 0 aromatic heterocycles. The van der Waals surface area contributed by atoms with Crippen LogP contribution in [0.3, 0.4) is 0 Å². The maximum atomic E-state index is 12.3. The first kappa shape index (κ1) is 29.0. The van der Waals surface area contributed by atoms with Gasteiger partial charge in [0.05, 0.1) is 21.1 Å². The third-order valence-corrected chi connectivity index (χ3v) is 11.5. The van der Waals surface area contributed by atoms with Crippen molar-refractivity contribution in [2.45, 2.75) is 111 Å². The topological polar surface area (TPSA) is 35.5 Å². The van der Waals surface area contributed by atoms with Gasteiger partial charge in [-0.1, -0.05) is 65.5 Å². The van der Waals surface area contributed by atoms with Gasteiger partial charge in [-0.05, 0) is 91.3 Å². The summed E-state index contributed by atoms with van der Waals surface area (Å²) in [5.41, 5.74) is 2.40. The van der Waals surface area contributed by atoms with Crippen molar-refractivity contribution in [2.75, 3.05) is 34.3 Å². The van der Waals surface area contributed by atoms with E-state index in [0.717, 1.165) is 65.8 Å². The Balaban J connectivity index is 1.36. The Hall–Kier alpha value is -1.03. The molecule has 0 spiro atoms. The Labute approximate surface area is 228 Å². The van der Waals surface area contributed by atoms with Crippen molar-refractivity contribution in [3.63, 3.8) is 0 Å². The quantitative estimate of drug-likeness (QED) is 0.176. The second-order valence-electron chi connectivity index (χ2n) is 15.4. The summed E-state index contributed by atoms with van der Waals surface area (Å²) in [6.45, 7) is 13.7. The molecule has 0 aromatic rings. The molecule has 4 heteroatoms. The Morgan fingerprint density at radius 1 is 1.03 bits per heavy atom. The zero-order valence-corrected chi connectivity index (χ0v) is 25.5. The van der Waals surface area contributed by atoms with Crippen LogP contribution in [0.4, 0.5) is 4.79 Å². The molecular weight excluding hydrogens is 458 g/mol. The van der Waals surface area contributed by atoms with Crippen LogP contribution in [-0.4, -0.2) is 51.0 Å². The van der Waals surface area contributed by atoms with Gasteiger partial charge in [0.2, 0.25) is 0 Å². The fourth-order valence-electron chi connectivity index (χ4n) is 9.33. The van der Waals surface area contributed by atoms with E-state index in [1.54, 1.807) is 5.57 Å². The van der Waals surface area contributed by atoms with Gasteiger partial charge < -0.3 is 14.0 Å². The molecule has 4 aliphatic carbocycles. The minimum absolute atomic E-state index is 0.0242. The van der Waals surface area contributed by atoms with Gasteiger partial charge in [0, 0.05) is 6.42 Å². The normalized spacial score (nSPS) is 38.3. The number of carbonyl (C=O) groups excluding carboxylic acids is 1. The van der Waals surface area contributed by atoms with Crippen molar-refractivity contribution in [2.24, 2.45) is 46.3 Å². The summed E-state index contributed by atoms with van der Waals surface area (Å²) in [5.74, 6) is 5.15. The lowest BCUT2D eigenvalue weighted by Crippen LogP contribution is -2.51. The Morgan fingerprint density at radius 3 is 2.49 bits per heavy atom. The number of fused-ring (bicyclic) bond motifs is 5. The van der Waals surface area contributed by atoms with Crippen LogP contribution in [0.25, 0.3) is 0 Å². The maximum absolute atomic E-state index is 12.3. The number of hydrogen-bond acceptors (Lipinski definition) is 3. The summed E-state index contributed by atoms with van der Waals surface area (Å²) in [7, 11) is 6.31. The van der Waals surface area contributed by atoms with E-state index < -0.39 is 6.16 Å². The van der Waals surface area contributed by atoms with Gasteiger partial charge in [-0.15, -0.1) is 0 Å². The highest BCUT2D eigenvalue weighted by atomic mass is 16.7. The van der Waals surface area contributed by atoms with Crippen molar-refractivity contribution in [3.05, 3.63) is 11.6 Å². The number of likely N-dealkylation sites (N-methyl/N-ethyl adjacent to an activating group) is 1. The molecule has 0 radical (unpaired) electrons. The highest BCUT2D eigenvalue weighted by molar-refractivity contribution is 5.60. The molecule has 0 bridgehead atoms. The molecule has 8 atom stereocenters. The second-order valence-corrected chi connectivity index (χ2v) is 15.4. The number of carbonyl (C=O) groups is 1. The average molecular weight is 517 g/mol. The molecule has 37 heavy (non-hydrogen) atoms. The van der Waals surface area contributed by atoms with Crippen LogP contribution in [-0.2, 0) is 9.47 Å². The highest BCUT2D eigenvalue weighted by Crippen LogP contribution is 2.67. The van der Waals surface area contributed by atoms with Gasteiger partial charge in [-0.3, -0.25) is 0 Å². The molecule has 4 nitrogen and oxygen atoms in total. The maximum Gasteiger partial charge on any atom is 0.508 e. The Bertz CT molecular complexity index is 828. The van der Waals surface area contributed by atoms with Gasteiger partial charge in [0.25, 0.3) is 0 Å². The molecule has 3 saturated carbocycles. The first-order chi connectivity index (χ1) is 17.3. The Morgan fingerprint density at radius 2 is 1.78 bits per heavy atom. The molecule has 212 valence electrons. The zero-order chi connectivity index (χ0) is 27.0. The van der Waals surface area contributed by atoms with E-state index in [2.05, 4.69) is 61.8 Å². The van der Waals surface area contributed by atoms with Crippen LogP contribution in [0.5, 0.6) is 0 Å². The number of rotatable bonds is 9. The number of quaternary nitrogens is 1. The van der Waals surface area contributed by atoms with Gasteiger partial charge in [-0.25, -0.2) is 4.79 Å². The molecule has 4 aliphatic rings. The average Bonchev–Trinajstić information content (AvgIpc) is 3.15. The van der Waals surface area contributed by atoms with Crippen molar-refractivity contribution in [1.82, 2.24) is 0 Å². The monoisotopic (exact) mass is 516 g/mol. The summed E-state index contributed by atoms with van der Waals surface area (Å²) in [6.07, 6.45) is 16.2. The summed E-state index contributed by atoms with van der Waals surface area (Å²) < 4.78 is 12.0. The first-order valence-electron chi connectivity index (χ1n) is 15.7. The van der Waals surface area contributed by atoms with Gasteiger partial charge in [0.1, 0.15) is 19.3 Å². The van der Waals surface area contributed by atoms with Crippen molar-refractivity contribution in [1.29, 1.82) is 0 Å². The van der Waals surface area contributed by atoms with E-state index in [1.807, 2.05) is 0 Å². The minimum atomic E-state index is -0.482. The van der Waals surface area contributed by atoms with Gasteiger partial charge in [0.15, 0.2) is 0 Å². The molecule has 0 heterocycles. The fourth-order valence-corrected chi connectivity index (χ4v) is 9.33. The number of nitrogens with zero attached hydrogens (tertiary/aromatic N) is 1. The van der Waals surface area contributed by atoms with Crippen molar-refractivity contribution < 1.29 is 18.8 Å². The molecular formula is C33H58NO3+. The lowest BCUT2D eigenvalue weighted by atomic mass is 9.47. The lowest BCUT2D eigenvalue weighted by Gasteiger charge is -2.58. The molecule has 4 rings (SSSR count). The van der Waals surface area contributed by atoms with Crippen LogP contribution in [0.2, 0.25) is 0 Å². The SMILES string of the molecule is CC(C)CCC[C@@H](C)[C@H]1CCC2C3CC=C4CC(OC(=O)OCC[N+](C)(C)C)CC[C@]4(C)C3CC[C@@]21C. The molecule has 4 unspecified atom stereocenters. The van der Waals surface area contributed by atoms with Gasteiger partial charge >= 0.3 is 6.16 Å². The number of ether oxygens (including phenoxy) is 2. The minimum Gasteiger partial charge on any atom is -0.431 e. The van der Waals surface area contributed by atoms with Crippen molar-refractivity contribution >= 4 is 6.16 Å². The molecule has 0 N–H and O–H groups in total. The fraction of sp³-hybridized carbons (Fsp3) is 0.909. The predicted octanol–water partition coefficient (Wildman–Crippen LogP) is 8.26. The molecule has 0 aliphatic heterocycles. The highest BCUT2D eigenvalue weighted by Gasteiger charge is 2.59. The van der Waals surface area contributed by atoms with E-state index in [4.69, 9.17) is 9.47 Å². The number of hydrogen-bond donors (Lipinski definition) is 0. The molecule has 0 amide bonds. The molecule has 3 fully saturated rings. The van der Waals surface area contributed by atoms with Gasteiger partial charge in [-0.2, -0.15) is 0 Å². The summed E-state index contributed by atoms with van der Waals surface area (Å²) >= 11 is 0. The van der Waals surface area contributed by atoms with E-state index in [-0.39, 0.29) is 6.10 Å². The lowest BCUT2D eigenvalue weighted by molar-refractivity contribution is -0.870. The summed E-state index contributed by atoms with van der Waals surface area (Å²) in [4.78, 5) is 12.3. The van der Waals surface area contributed by atoms with Crippen LogP contribution >= 0.6 is 0 Å². The number of allylic oxidation sites excluding steroid dienone is 1. The summed E-state index contributed by atoms with van der Waals surface area (Å²) in [5, 5.41) is 0. The van der Waals surface area contributed by atoms with E-state index in [0.29, 0.717) is 17.4 Å². The molecule has 0 aromatic carbocycles. The first-order valence-corrected chi connectivity index (χ1v) is 15.7. The third-order valence-electron chi connectivity index (χ3n) is 11.5. The van der Waals surface area contributed by atoms with E-state index >= 15 is 0 Å². The Kier molecular flexibility index (Phi) is 8.78. The van der Waals surface area contributed by atoms with E-state index in [9.17, 15) is 4.79 Å². The van der Waals surface area contributed by atoms with Crippen LogP contribution < -0.4 is 0 Å². The van der Waals surface area contributed by atoms with Crippen LogP contribution in [0, 0.1) is 46.3 Å². The van der Waals surface area contributed by atoms with Crippen molar-refractivity contribution in [3.8, 4) is 0 Å². The predicted molar refractivity (Wildman–Crippen MR) is 152 cm³/mol. The van der Waals surface area contributed by atoms with E-state index in [1.165, 1.54) is 51.4 Å². The molecule has 0 saturated heterocycles.